The highest BCUT2D eigenvalue weighted by Gasteiger charge is 2.11. The van der Waals surface area contributed by atoms with Crippen molar-refractivity contribution < 1.29 is 15.0 Å². The zero-order valence-electron chi connectivity index (χ0n) is 12.1. The van der Waals surface area contributed by atoms with Crippen molar-refractivity contribution in [2.45, 2.75) is 0 Å². The van der Waals surface area contributed by atoms with E-state index in [4.69, 9.17) is 0 Å². The van der Waals surface area contributed by atoms with Gasteiger partial charge in [-0.25, -0.2) is 5.43 Å². The minimum Gasteiger partial charge on any atom is -0.508 e. The van der Waals surface area contributed by atoms with Crippen molar-refractivity contribution in [1.29, 1.82) is 0 Å². The highest BCUT2D eigenvalue weighted by molar-refractivity contribution is 6.01. The van der Waals surface area contributed by atoms with E-state index in [1.807, 2.05) is 24.3 Å². The number of hydrogen-bond donors (Lipinski definition) is 3. The molecule has 0 aliphatic rings. The fraction of sp³-hybridized carbons (Fsp3) is 0. The molecule has 1 amide bonds. The molecule has 0 heterocycles. The number of amides is 1. The largest absolute Gasteiger partial charge is 0.508 e. The van der Waals surface area contributed by atoms with E-state index in [1.165, 1.54) is 12.3 Å². The summed E-state index contributed by atoms with van der Waals surface area (Å²) >= 11 is 0. The molecule has 0 bridgehead atoms. The van der Waals surface area contributed by atoms with Gasteiger partial charge in [0.05, 0.1) is 11.8 Å². The second-order valence-corrected chi connectivity index (χ2v) is 5.01. The standard InChI is InChI=1S/C18H14N2O3/c21-15-7-3-4-12(8-15)11-19-20-18(23)16-9-13-5-1-2-6-14(13)10-17(16)22/h1-11,21-22H,(H,20,23)/b19-11+. The number of fused-ring (bicyclic) bond motifs is 1. The van der Waals surface area contributed by atoms with Gasteiger partial charge in [-0.2, -0.15) is 5.10 Å². The molecule has 0 aromatic heterocycles. The predicted octanol–water partition coefficient (Wildman–Crippen LogP) is 3.01. The van der Waals surface area contributed by atoms with Crippen molar-refractivity contribution in [1.82, 2.24) is 5.43 Å². The lowest BCUT2D eigenvalue weighted by atomic mass is 10.1. The molecule has 0 radical (unpaired) electrons. The molecule has 114 valence electrons. The molecule has 23 heavy (non-hydrogen) atoms. The quantitative estimate of drug-likeness (QED) is 0.514. The predicted molar refractivity (Wildman–Crippen MR) is 88.8 cm³/mol. The van der Waals surface area contributed by atoms with Gasteiger partial charge in [-0.15, -0.1) is 0 Å². The number of nitrogens with one attached hydrogen (secondary N) is 1. The third kappa shape index (κ3) is 3.29. The SMILES string of the molecule is O=C(N/N=C/c1cccc(O)c1)c1cc2ccccc2cc1O. The fourth-order valence-corrected chi connectivity index (χ4v) is 2.24. The number of hydrazone groups is 1. The molecule has 0 aliphatic carbocycles. The van der Waals surface area contributed by atoms with Gasteiger partial charge >= 0.3 is 0 Å². The molecule has 3 rings (SSSR count). The summed E-state index contributed by atoms with van der Waals surface area (Å²) in [5, 5.41) is 24.9. The Labute approximate surface area is 132 Å². The van der Waals surface area contributed by atoms with Crippen LogP contribution in [0.25, 0.3) is 10.8 Å². The van der Waals surface area contributed by atoms with E-state index < -0.39 is 5.91 Å². The van der Waals surface area contributed by atoms with Crippen LogP contribution in [0.1, 0.15) is 15.9 Å². The van der Waals surface area contributed by atoms with Crippen molar-refractivity contribution in [2.75, 3.05) is 0 Å². The normalized spacial score (nSPS) is 11.0. The molecule has 0 saturated heterocycles. The summed E-state index contributed by atoms with van der Waals surface area (Å²) in [7, 11) is 0. The van der Waals surface area contributed by atoms with E-state index in [2.05, 4.69) is 10.5 Å². The molecule has 5 heteroatoms. The van der Waals surface area contributed by atoms with Gasteiger partial charge in [-0.05, 0) is 40.6 Å². The summed E-state index contributed by atoms with van der Waals surface area (Å²) in [6.07, 6.45) is 1.41. The molecular formula is C18H14N2O3. The second kappa shape index (κ2) is 6.19. The lowest BCUT2D eigenvalue weighted by Gasteiger charge is -2.05. The van der Waals surface area contributed by atoms with Crippen LogP contribution in [0.15, 0.2) is 65.8 Å². The average Bonchev–Trinajstić information content (AvgIpc) is 2.54. The highest BCUT2D eigenvalue weighted by atomic mass is 16.3. The number of carbonyl (C=O) groups is 1. The molecule has 3 aromatic rings. The molecule has 0 aliphatic heterocycles. The Kier molecular flexibility index (Phi) is 3.93. The molecule has 3 N–H and O–H groups in total. The summed E-state index contributed by atoms with van der Waals surface area (Å²) in [6.45, 7) is 0. The van der Waals surface area contributed by atoms with Crippen LogP contribution in [0.3, 0.4) is 0 Å². The number of nitrogens with zero attached hydrogens (tertiary/aromatic N) is 1. The lowest BCUT2D eigenvalue weighted by molar-refractivity contribution is 0.0952. The van der Waals surface area contributed by atoms with Crippen LogP contribution in [0.5, 0.6) is 11.5 Å². The van der Waals surface area contributed by atoms with E-state index in [0.29, 0.717) is 5.56 Å². The highest BCUT2D eigenvalue weighted by Crippen LogP contribution is 2.24. The van der Waals surface area contributed by atoms with Gasteiger partial charge in [0.1, 0.15) is 11.5 Å². The molecule has 0 atom stereocenters. The van der Waals surface area contributed by atoms with Gasteiger partial charge in [0.25, 0.3) is 5.91 Å². The van der Waals surface area contributed by atoms with Gasteiger partial charge in [0, 0.05) is 0 Å². The Balaban J connectivity index is 1.79. The van der Waals surface area contributed by atoms with Crippen molar-refractivity contribution in [3.8, 4) is 11.5 Å². The summed E-state index contributed by atoms with van der Waals surface area (Å²) in [6, 6.07) is 17.1. The van der Waals surface area contributed by atoms with Gasteiger partial charge in [-0.3, -0.25) is 4.79 Å². The van der Waals surface area contributed by atoms with Crippen molar-refractivity contribution in [3.63, 3.8) is 0 Å². The molecule has 0 saturated carbocycles. The van der Waals surface area contributed by atoms with Crippen molar-refractivity contribution >= 4 is 22.9 Å². The fourth-order valence-electron chi connectivity index (χ4n) is 2.24. The van der Waals surface area contributed by atoms with Crippen LogP contribution in [-0.2, 0) is 0 Å². The van der Waals surface area contributed by atoms with E-state index >= 15 is 0 Å². The van der Waals surface area contributed by atoms with Crippen molar-refractivity contribution in [3.05, 3.63) is 71.8 Å². The average molecular weight is 306 g/mol. The van der Waals surface area contributed by atoms with Crippen LogP contribution in [0, 0.1) is 0 Å². The Morgan fingerprint density at radius 3 is 2.43 bits per heavy atom. The third-order valence-electron chi connectivity index (χ3n) is 3.36. The molecule has 3 aromatic carbocycles. The Hall–Kier alpha value is -3.34. The number of hydrogen-bond acceptors (Lipinski definition) is 4. The Morgan fingerprint density at radius 1 is 0.957 bits per heavy atom. The number of rotatable bonds is 3. The minimum absolute atomic E-state index is 0.103. The topological polar surface area (TPSA) is 81.9 Å². The number of carbonyl (C=O) groups excluding carboxylic acids is 1. The number of aromatic hydroxyl groups is 2. The Bertz CT molecular complexity index is 904. The zero-order chi connectivity index (χ0) is 16.2. The number of phenolic OH excluding ortho intramolecular Hbond substituents is 2. The van der Waals surface area contributed by atoms with E-state index in [9.17, 15) is 15.0 Å². The molecule has 0 unspecified atom stereocenters. The molecule has 0 fully saturated rings. The maximum absolute atomic E-state index is 12.1. The summed E-state index contributed by atoms with van der Waals surface area (Å²) in [5.41, 5.74) is 3.16. The zero-order valence-corrected chi connectivity index (χ0v) is 12.1. The van der Waals surface area contributed by atoms with Crippen LogP contribution < -0.4 is 5.43 Å². The van der Waals surface area contributed by atoms with Crippen LogP contribution in [-0.4, -0.2) is 22.3 Å². The minimum atomic E-state index is -0.510. The molecular weight excluding hydrogens is 292 g/mol. The van der Waals surface area contributed by atoms with Crippen LogP contribution in [0.4, 0.5) is 0 Å². The Morgan fingerprint density at radius 2 is 1.70 bits per heavy atom. The van der Waals surface area contributed by atoms with Gasteiger partial charge in [0.15, 0.2) is 0 Å². The van der Waals surface area contributed by atoms with E-state index in [-0.39, 0.29) is 17.1 Å². The number of phenols is 2. The first kappa shape index (κ1) is 14.6. The first-order valence-corrected chi connectivity index (χ1v) is 6.98. The van der Waals surface area contributed by atoms with Gasteiger partial charge in [-0.1, -0.05) is 36.4 Å². The summed E-state index contributed by atoms with van der Waals surface area (Å²) in [5.74, 6) is -0.495. The van der Waals surface area contributed by atoms with Crippen molar-refractivity contribution in [2.24, 2.45) is 5.10 Å². The maximum Gasteiger partial charge on any atom is 0.275 e. The van der Waals surface area contributed by atoms with E-state index in [0.717, 1.165) is 10.8 Å². The lowest BCUT2D eigenvalue weighted by Crippen LogP contribution is -2.17. The smallest absolute Gasteiger partial charge is 0.275 e. The maximum atomic E-state index is 12.1. The summed E-state index contributed by atoms with van der Waals surface area (Å²) in [4.78, 5) is 12.1. The number of benzene rings is 3. The van der Waals surface area contributed by atoms with Gasteiger partial charge in [0.2, 0.25) is 0 Å². The van der Waals surface area contributed by atoms with Gasteiger partial charge < -0.3 is 10.2 Å². The van der Waals surface area contributed by atoms with E-state index in [1.54, 1.807) is 30.3 Å². The first-order valence-electron chi connectivity index (χ1n) is 6.98. The van der Waals surface area contributed by atoms with Crippen LogP contribution in [0.2, 0.25) is 0 Å². The monoisotopic (exact) mass is 306 g/mol. The second-order valence-electron chi connectivity index (χ2n) is 5.01. The summed E-state index contributed by atoms with van der Waals surface area (Å²) < 4.78 is 0. The first-order chi connectivity index (χ1) is 11.1. The molecule has 5 nitrogen and oxygen atoms in total. The third-order valence-corrected chi connectivity index (χ3v) is 3.36. The van der Waals surface area contributed by atoms with Crippen LogP contribution >= 0.6 is 0 Å². The molecule has 0 spiro atoms.